The summed E-state index contributed by atoms with van der Waals surface area (Å²) >= 11 is 1.61. The monoisotopic (exact) mass is 273 g/mol. The number of aromatic nitrogens is 1. The molecule has 1 aromatic heterocycles. The van der Waals surface area contributed by atoms with E-state index in [0.29, 0.717) is 6.42 Å². The molecule has 0 aliphatic heterocycles. The van der Waals surface area contributed by atoms with Gasteiger partial charge in [-0.3, -0.25) is 0 Å². The Bertz CT molecular complexity index is 603. The van der Waals surface area contributed by atoms with E-state index in [1.807, 2.05) is 13.8 Å². The van der Waals surface area contributed by atoms with Gasteiger partial charge < -0.3 is 5.11 Å². The zero-order valence-electron chi connectivity index (χ0n) is 11.4. The fourth-order valence-corrected chi connectivity index (χ4v) is 3.84. The molecule has 2 aromatic rings. The second-order valence-electron chi connectivity index (χ2n) is 5.36. The van der Waals surface area contributed by atoms with Crippen molar-refractivity contribution in [2.45, 2.75) is 45.6 Å². The average molecular weight is 273 g/mol. The molecule has 1 aliphatic carbocycles. The summed E-state index contributed by atoms with van der Waals surface area (Å²) < 4.78 is 0. The van der Waals surface area contributed by atoms with Crippen LogP contribution in [0.25, 0.3) is 0 Å². The first-order chi connectivity index (χ1) is 9.13. The summed E-state index contributed by atoms with van der Waals surface area (Å²) in [6.45, 7) is 3.97. The fourth-order valence-electron chi connectivity index (χ4n) is 2.92. The molecular formula is C16H19NOS. The molecule has 1 atom stereocenters. The molecule has 1 heterocycles. The lowest BCUT2D eigenvalue weighted by Crippen LogP contribution is -2.02. The van der Waals surface area contributed by atoms with Crippen LogP contribution in [0.5, 0.6) is 0 Å². The Balaban J connectivity index is 1.79. The summed E-state index contributed by atoms with van der Waals surface area (Å²) in [6.07, 6.45) is 3.94. The zero-order chi connectivity index (χ0) is 13.4. The van der Waals surface area contributed by atoms with Gasteiger partial charge in [-0.2, -0.15) is 0 Å². The maximum atomic E-state index is 10.4. The van der Waals surface area contributed by atoms with Gasteiger partial charge in [0.05, 0.1) is 21.7 Å². The smallest absolute Gasteiger partial charge is 0.0941 e. The number of nitrogens with zero attached hydrogens (tertiary/aromatic N) is 1. The third-order valence-corrected chi connectivity index (χ3v) is 5.01. The number of aliphatic hydroxyl groups is 1. The predicted octanol–water partition coefficient (Wildman–Crippen LogP) is 3.52. The number of aryl methyl sites for hydroxylation is 4. The molecular weight excluding hydrogens is 254 g/mol. The SMILES string of the molecule is Cc1nc(C)c(C(O)Cc2ccc3c(c2)CCC3)s1. The molecule has 0 amide bonds. The molecule has 0 radical (unpaired) electrons. The van der Waals surface area contributed by atoms with Crippen LogP contribution in [0.15, 0.2) is 18.2 Å². The van der Waals surface area contributed by atoms with Gasteiger partial charge in [0.15, 0.2) is 0 Å². The molecule has 0 bridgehead atoms. The Morgan fingerprint density at radius 2 is 2.05 bits per heavy atom. The summed E-state index contributed by atoms with van der Waals surface area (Å²) in [5.41, 5.74) is 5.17. The van der Waals surface area contributed by atoms with Crippen LogP contribution in [-0.4, -0.2) is 10.1 Å². The van der Waals surface area contributed by atoms with Crippen molar-refractivity contribution in [1.82, 2.24) is 4.98 Å². The third-order valence-electron chi connectivity index (χ3n) is 3.83. The highest BCUT2D eigenvalue weighted by atomic mass is 32.1. The van der Waals surface area contributed by atoms with Crippen molar-refractivity contribution in [1.29, 1.82) is 0 Å². The van der Waals surface area contributed by atoms with Crippen LogP contribution in [0.3, 0.4) is 0 Å². The number of hydrogen-bond donors (Lipinski definition) is 1. The van der Waals surface area contributed by atoms with Gasteiger partial charge in [0.2, 0.25) is 0 Å². The number of rotatable bonds is 3. The van der Waals surface area contributed by atoms with Gasteiger partial charge in [-0.25, -0.2) is 4.98 Å². The molecule has 100 valence electrons. The van der Waals surface area contributed by atoms with E-state index in [9.17, 15) is 5.11 Å². The maximum Gasteiger partial charge on any atom is 0.0941 e. The van der Waals surface area contributed by atoms with Crippen LogP contribution in [0.2, 0.25) is 0 Å². The van der Waals surface area contributed by atoms with Gasteiger partial charge in [0.1, 0.15) is 0 Å². The lowest BCUT2D eigenvalue weighted by atomic mass is 10.0. The van der Waals surface area contributed by atoms with E-state index in [-0.39, 0.29) is 0 Å². The number of fused-ring (bicyclic) bond motifs is 1. The summed E-state index contributed by atoms with van der Waals surface area (Å²) in [4.78, 5) is 5.40. The number of aliphatic hydroxyl groups excluding tert-OH is 1. The standard InChI is InChI=1S/C16H19NOS/c1-10-16(19-11(2)17-10)15(18)9-12-6-7-13-4-3-5-14(13)8-12/h6-8,15,18H,3-5,9H2,1-2H3. The Hall–Kier alpha value is -1.19. The number of benzene rings is 1. The molecule has 1 aromatic carbocycles. The minimum atomic E-state index is -0.425. The van der Waals surface area contributed by atoms with E-state index in [4.69, 9.17) is 0 Å². The lowest BCUT2D eigenvalue weighted by Gasteiger charge is -2.11. The molecule has 1 unspecified atom stereocenters. The van der Waals surface area contributed by atoms with Crippen LogP contribution >= 0.6 is 11.3 Å². The van der Waals surface area contributed by atoms with Crippen LogP contribution < -0.4 is 0 Å². The van der Waals surface area contributed by atoms with Crippen LogP contribution in [0, 0.1) is 13.8 Å². The zero-order valence-corrected chi connectivity index (χ0v) is 12.3. The van der Waals surface area contributed by atoms with Crippen molar-refractivity contribution in [3.8, 4) is 0 Å². The van der Waals surface area contributed by atoms with Gasteiger partial charge in [-0.1, -0.05) is 18.2 Å². The van der Waals surface area contributed by atoms with Gasteiger partial charge in [-0.15, -0.1) is 11.3 Å². The van der Waals surface area contributed by atoms with Crippen LogP contribution in [-0.2, 0) is 19.3 Å². The molecule has 0 spiro atoms. The fraction of sp³-hybridized carbons (Fsp3) is 0.438. The molecule has 1 aliphatic rings. The molecule has 19 heavy (non-hydrogen) atoms. The van der Waals surface area contributed by atoms with E-state index in [0.717, 1.165) is 15.6 Å². The van der Waals surface area contributed by atoms with E-state index in [1.54, 1.807) is 11.3 Å². The van der Waals surface area contributed by atoms with E-state index in [1.165, 1.54) is 36.0 Å². The predicted molar refractivity (Wildman–Crippen MR) is 78.7 cm³/mol. The molecule has 0 saturated heterocycles. The largest absolute Gasteiger partial charge is 0.387 e. The third kappa shape index (κ3) is 2.58. The van der Waals surface area contributed by atoms with Crippen molar-refractivity contribution < 1.29 is 5.11 Å². The highest BCUT2D eigenvalue weighted by molar-refractivity contribution is 7.11. The molecule has 3 heteroatoms. The quantitative estimate of drug-likeness (QED) is 0.928. The van der Waals surface area contributed by atoms with Crippen molar-refractivity contribution in [3.05, 3.63) is 50.5 Å². The Morgan fingerprint density at radius 1 is 1.26 bits per heavy atom. The van der Waals surface area contributed by atoms with E-state index < -0.39 is 6.10 Å². The summed E-state index contributed by atoms with van der Waals surface area (Å²) in [5.74, 6) is 0. The average Bonchev–Trinajstić information content (AvgIpc) is 2.94. The topological polar surface area (TPSA) is 33.1 Å². The second kappa shape index (κ2) is 5.06. The molecule has 1 N–H and O–H groups in total. The van der Waals surface area contributed by atoms with Crippen molar-refractivity contribution in [3.63, 3.8) is 0 Å². The summed E-state index contributed by atoms with van der Waals surface area (Å²) in [6, 6.07) is 6.67. The van der Waals surface area contributed by atoms with Gasteiger partial charge in [0.25, 0.3) is 0 Å². The number of thiazole rings is 1. The van der Waals surface area contributed by atoms with E-state index >= 15 is 0 Å². The minimum Gasteiger partial charge on any atom is -0.387 e. The first-order valence-electron chi connectivity index (χ1n) is 6.86. The van der Waals surface area contributed by atoms with E-state index in [2.05, 4.69) is 23.2 Å². The van der Waals surface area contributed by atoms with Crippen molar-refractivity contribution in [2.24, 2.45) is 0 Å². The van der Waals surface area contributed by atoms with Crippen molar-refractivity contribution >= 4 is 11.3 Å². The van der Waals surface area contributed by atoms with Crippen molar-refractivity contribution in [2.75, 3.05) is 0 Å². The Kier molecular flexibility index (Phi) is 3.42. The molecule has 2 nitrogen and oxygen atoms in total. The Labute approximate surface area is 118 Å². The highest BCUT2D eigenvalue weighted by Gasteiger charge is 2.17. The Morgan fingerprint density at radius 3 is 2.79 bits per heavy atom. The molecule has 3 rings (SSSR count). The normalized spacial score (nSPS) is 15.5. The van der Waals surface area contributed by atoms with Gasteiger partial charge in [-0.05, 0) is 49.8 Å². The second-order valence-corrected chi connectivity index (χ2v) is 6.59. The molecule has 0 fully saturated rings. The van der Waals surface area contributed by atoms with Crippen LogP contribution in [0.1, 0.15) is 44.8 Å². The number of hydrogen-bond acceptors (Lipinski definition) is 3. The minimum absolute atomic E-state index is 0.425. The van der Waals surface area contributed by atoms with Gasteiger partial charge >= 0.3 is 0 Å². The summed E-state index contributed by atoms with van der Waals surface area (Å²) in [5, 5.41) is 11.4. The first kappa shape index (κ1) is 12.8. The highest BCUT2D eigenvalue weighted by Crippen LogP contribution is 2.29. The van der Waals surface area contributed by atoms with Crippen LogP contribution in [0.4, 0.5) is 0 Å². The lowest BCUT2D eigenvalue weighted by molar-refractivity contribution is 0.181. The van der Waals surface area contributed by atoms with Gasteiger partial charge in [0, 0.05) is 6.42 Å². The molecule has 0 saturated carbocycles. The maximum absolute atomic E-state index is 10.4. The first-order valence-corrected chi connectivity index (χ1v) is 7.68. The summed E-state index contributed by atoms with van der Waals surface area (Å²) in [7, 11) is 0.